The number of hydrogen-bond acceptors (Lipinski definition) is 4. The molecule has 3 atom stereocenters. The number of ether oxygens (including phenoxy) is 1. The van der Waals surface area contributed by atoms with Crippen molar-refractivity contribution >= 4 is 0 Å². The standard InChI is InChI=1S/C12H24N2O2/c1-13-12-4-2-3-10(12)7-14-5-6-16-11(8-14)9-15/h10-13,15H,2-9H2,1H3. The van der Waals surface area contributed by atoms with Crippen LogP contribution in [0.4, 0.5) is 0 Å². The third-order valence-electron chi connectivity index (χ3n) is 3.95. The Morgan fingerprint density at radius 1 is 1.44 bits per heavy atom. The maximum Gasteiger partial charge on any atom is 0.0932 e. The third-order valence-corrected chi connectivity index (χ3v) is 3.95. The molecular formula is C12H24N2O2. The molecule has 3 unspecified atom stereocenters. The molecule has 1 saturated carbocycles. The van der Waals surface area contributed by atoms with Crippen LogP contribution in [0.3, 0.4) is 0 Å². The first kappa shape index (κ1) is 12.3. The molecule has 2 N–H and O–H groups in total. The van der Waals surface area contributed by atoms with Crippen LogP contribution >= 0.6 is 0 Å². The monoisotopic (exact) mass is 228 g/mol. The van der Waals surface area contributed by atoms with Gasteiger partial charge in [-0.25, -0.2) is 0 Å². The first-order chi connectivity index (χ1) is 7.83. The van der Waals surface area contributed by atoms with E-state index in [1.807, 2.05) is 0 Å². The zero-order valence-electron chi connectivity index (χ0n) is 10.2. The van der Waals surface area contributed by atoms with Crippen LogP contribution in [-0.2, 0) is 4.74 Å². The second kappa shape index (κ2) is 5.96. The lowest BCUT2D eigenvalue weighted by molar-refractivity contribution is -0.0566. The van der Waals surface area contributed by atoms with Gasteiger partial charge in [0.2, 0.25) is 0 Å². The molecule has 4 nitrogen and oxygen atoms in total. The minimum atomic E-state index is 0.0307. The van der Waals surface area contributed by atoms with Gasteiger partial charge in [-0.2, -0.15) is 0 Å². The van der Waals surface area contributed by atoms with Crippen molar-refractivity contribution in [2.24, 2.45) is 5.92 Å². The van der Waals surface area contributed by atoms with Crippen LogP contribution in [0.5, 0.6) is 0 Å². The van der Waals surface area contributed by atoms with Crippen molar-refractivity contribution < 1.29 is 9.84 Å². The zero-order valence-corrected chi connectivity index (χ0v) is 10.2. The first-order valence-corrected chi connectivity index (χ1v) is 6.45. The summed E-state index contributed by atoms with van der Waals surface area (Å²) >= 11 is 0. The molecule has 94 valence electrons. The van der Waals surface area contributed by atoms with Crippen LogP contribution in [0.2, 0.25) is 0 Å². The summed E-state index contributed by atoms with van der Waals surface area (Å²) in [6, 6.07) is 0.690. The van der Waals surface area contributed by atoms with Gasteiger partial charge in [0.05, 0.1) is 19.3 Å². The highest BCUT2D eigenvalue weighted by Gasteiger charge is 2.29. The number of nitrogens with zero attached hydrogens (tertiary/aromatic N) is 1. The molecule has 4 heteroatoms. The molecule has 0 radical (unpaired) electrons. The van der Waals surface area contributed by atoms with Gasteiger partial charge < -0.3 is 15.2 Å². The number of hydrogen-bond donors (Lipinski definition) is 2. The molecule has 2 rings (SSSR count). The van der Waals surface area contributed by atoms with E-state index in [0.29, 0.717) is 6.04 Å². The number of aliphatic hydroxyl groups is 1. The Morgan fingerprint density at radius 2 is 2.31 bits per heavy atom. The second-order valence-corrected chi connectivity index (χ2v) is 5.02. The number of rotatable bonds is 4. The lowest BCUT2D eigenvalue weighted by Crippen LogP contribution is -2.47. The van der Waals surface area contributed by atoms with Crippen LogP contribution in [0.1, 0.15) is 19.3 Å². The molecule has 0 amide bonds. The molecule has 0 aromatic rings. The summed E-state index contributed by atoms with van der Waals surface area (Å²) in [5, 5.41) is 12.5. The molecule has 1 aliphatic heterocycles. The van der Waals surface area contributed by atoms with E-state index in [-0.39, 0.29) is 12.7 Å². The normalized spacial score (nSPS) is 36.8. The zero-order chi connectivity index (χ0) is 11.4. The summed E-state index contributed by atoms with van der Waals surface area (Å²) in [5.74, 6) is 0.780. The van der Waals surface area contributed by atoms with E-state index < -0.39 is 0 Å². The Kier molecular flexibility index (Phi) is 4.58. The van der Waals surface area contributed by atoms with E-state index in [9.17, 15) is 0 Å². The summed E-state index contributed by atoms with van der Waals surface area (Å²) in [4.78, 5) is 2.45. The van der Waals surface area contributed by atoms with Crippen LogP contribution in [0, 0.1) is 5.92 Å². The Labute approximate surface area is 98.0 Å². The molecule has 1 aliphatic carbocycles. The van der Waals surface area contributed by atoms with Gasteiger partial charge in [-0.05, 0) is 25.8 Å². The molecule has 16 heavy (non-hydrogen) atoms. The van der Waals surface area contributed by atoms with Crippen molar-refractivity contribution in [1.82, 2.24) is 10.2 Å². The SMILES string of the molecule is CNC1CCCC1CN1CCOC(CO)C1. The lowest BCUT2D eigenvalue weighted by atomic mass is 10.0. The quantitative estimate of drug-likeness (QED) is 0.714. The highest BCUT2D eigenvalue weighted by molar-refractivity contribution is 4.85. The van der Waals surface area contributed by atoms with Gasteiger partial charge in [-0.15, -0.1) is 0 Å². The van der Waals surface area contributed by atoms with Gasteiger partial charge in [0.1, 0.15) is 0 Å². The van der Waals surface area contributed by atoms with E-state index >= 15 is 0 Å². The molecule has 1 heterocycles. The fourth-order valence-corrected chi connectivity index (χ4v) is 3.02. The Bertz CT molecular complexity index is 213. The molecule has 2 fully saturated rings. The summed E-state index contributed by atoms with van der Waals surface area (Å²) in [6.45, 7) is 3.98. The van der Waals surface area contributed by atoms with Gasteiger partial charge in [0.15, 0.2) is 0 Å². The third kappa shape index (κ3) is 2.94. The average molecular weight is 228 g/mol. The first-order valence-electron chi connectivity index (χ1n) is 6.45. The fraction of sp³-hybridized carbons (Fsp3) is 1.00. The maximum absolute atomic E-state index is 9.10. The molecule has 2 aliphatic rings. The van der Waals surface area contributed by atoms with Crippen molar-refractivity contribution in [3.63, 3.8) is 0 Å². The van der Waals surface area contributed by atoms with Crippen molar-refractivity contribution in [2.75, 3.05) is 39.9 Å². The van der Waals surface area contributed by atoms with Crippen molar-refractivity contribution in [1.29, 1.82) is 0 Å². The Balaban J connectivity index is 1.79. The summed E-state index contributed by atoms with van der Waals surface area (Å²) in [6.07, 6.45) is 4.04. The summed E-state index contributed by atoms with van der Waals surface area (Å²) < 4.78 is 5.47. The van der Waals surface area contributed by atoms with Gasteiger partial charge in [0.25, 0.3) is 0 Å². The van der Waals surface area contributed by atoms with Crippen LogP contribution in [0.15, 0.2) is 0 Å². The highest BCUT2D eigenvalue weighted by Crippen LogP contribution is 2.26. The summed E-state index contributed by atoms with van der Waals surface area (Å²) in [5.41, 5.74) is 0. The predicted octanol–water partition coefficient (Wildman–Crippen LogP) is 0.0676. The lowest BCUT2D eigenvalue weighted by Gasteiger charge is -2.34. The maximum atomic E-state index is 9.10. The molecular weight excluding hydrogens is 204 g/mol. The fourth-order valence-electron chi connectivity index (χ4n) is 3.02. The minimum absolute atomic E-state index is 0.0307. The topological polar surface area (TPSA) is 44.7 Å². The van der Waals surface area contributed by atoms with Gasteiger partial charge >= 0.3 is 0 Å². The predicted molar refractivity (Wildman–Crippen MR) is 63.5 cm³/mol. The van der Waals surface area contributed by atoms with Crippen LogP contribution < -0.4 is 5.32 Å². The van der Waals surface area contributed by atoms with Crippen LogP contribution in [0.25, 0.3) is 0 Å². The van der Waals surface area contributed by atoms with E-state index in [0.717, 1.165) is 32.2 Å². The van der Waals surface area contributed by atoms with Crippen molar-refractivity contribution in [3.8, 4) is 0 Å². The smallest absolute Gasteiger partial charge is 0.0932 e. The van der Waals surface area contributed by atoms with Gasteiger partial charge in [-0.3, -0.25) is 4.90 Å². The average Bonchev–Trinajstić information content (AvgIpc) is 2.76. The largest absolute Gasteiger partial charge is 0.394 e. The highest BCUT2D eigenvalue weighted by atomic mass is 16.5. The van der Waals surface area contributed by atoms with Crippen LogP contribution in [-0.4, -0.2) is 62.0 Å². The summed E-state index contributed by atoms with van der Waals surface area (Å²) in [7, 11) is 2.07. The van der Waals surface area contributed by atoms with Crippen molar-refractivity contribution in [3.05, 3.63) is 0 Å². The molecule has 0 spiro atoms. The minimum Gasteiger partial charge on any atom is -0.394 e. The molecule has 0 aromatic heterocycles. The second-order valence-electron chi connectivity index (χ2n) is 5.02. The Morgan fingerprint density at radius 3 is 3.06 bits per heavy atom. The van der Waals surface area contributed by atoms with E-state index in [4.69, 9.17) is 9.84 Å². The van der Waals surface area contributed by atoms with Gasteiger partial charge in [-0.1, -0.05) is 6.42 Å². The number of nitrogens with one attached hydrogen (secondary N) is 1. The van der Waals surface area contributed by atoms with E-state index in [2.05, 4.69) is 17.3 Å². The van der Waals surface area contributed by atoms with Crippen molar-refractivity contribution in [2.45, 2.75) is 31.4 Å². The Hall–Kier alpha value is -0.160. The van der Waals surface area contributed by atoms with E-state index in [1.165, 1.54) is 19.3 Å². The van der Waals surface area contributed by atoms with Gasteiger partial charge in [0, 0.05) is 25.7 Å². The number of aliphatic hydroxyl groups excluding tert-OH is 1. The van der Waals surface area contributed by atoms with E-state index in [1.54, 1.807) is 0 Å². The molecule has 1 saturated heterocycles. The number of morpholine rings is 1. The molecule has 0 aromatic carbocycles. The molecule has 0 bridgehead atoms.